The van der Waals surface area contributed by atoms with Crippen LogP contribution in [-0.4, -0.2) is 54.3 Å². The Bertz CT molecular complexity index is 1460. The lowest BCUT2D eigenvalue weighted by Crippen LogP contribution is -2.51. The first kappa shape index (κ1) is 30.0. The molecule has 0 spiro atoms. The van der Waals surface area contributed by atoms with Crippen molar-refractivity contribution >= 4 is 30.9 Å². The first-order valence-electron chi connectivity index (χ1n) is 13.7. The van der Waals surface area contributed by atoms with Gasteiger partial charge in [-0.2, -0.15) is 13.5 Å². The highest BCUT2D eigenvalue weighted by Gasteiger charge is 2.30. The van der Waals surface area contributed by atoms with E-state index in [4.69, 9.17) is 0 Å². The highest BCUT2D eigenvalue weighted by molar-refractivity contribution is 7.59. The van der Waals surface area contributed by atoms with Crippen molar-refractivity contribution in [1.82, 2.24) is 15.2 Å². The van der Waals surface area contributed by atoms with Crippen molar-refractivity contribution in [3.05, 3.63) is 120 Å². The van der Waals surface area contributed by atoms with Gasteiger partial charge in [-0.15, -0.1) is 0 Å². The zero-order valence-corrected chi connectivity index (χ0v) is 24.1. The van der Waals surface area contributed by atoms with E-state index >= 15 is 4.39 Å². The SMILES string of the molecule is CCNC(=O)[C@H](c1ccccc1)N1CCN(c2ccc(CC(=O)c3ccccc3-c3cccnc3)cc2F)CC1.S. The van der Waals surface area contributed by atoms with Gasteiger partial charge in [-0.25, -0.2) is 4.39 Å². The fraction of sp³-hybridized carbons (Fsp3) is 0.242. The summed E-state index contributed by atoms with van der Waals surface area (Å²) in [5, 5.41) is 2.95. The van der Waals surface area contributed by atoms with Gasteiger partial charge in [0.2, 0.25) is 5.91 Å². The summed E-state index contributed by atoms with van der Waals surface area (Å²) in [6.45, 7) is 4.92. The maximum Gasteiger partial charge on any atom is 0.241 e. The molecule has 5 rings (SSSR count). The van der Waals surface area contributed by atoms with Crippen molar-refractivity contribution in [2.45, 2.75) is 19.4 Å². The minimum Gasteiger partial charge on any atom is -0.367 e. The van der Waals surface area contributed by atoms with Crippen LogP contribution in [-0.2, 0) is 11.2 Å². The van der Waals surface area contributed by atoms with E-state index in [0.717, 1.165) is 16.7 Å². The van der Waals surface area contributed by atoms with Gasteiger partial charge in [0.1, 0.15) is 11.9 Å². The lowest BCUT2D eigenvalue weighted by atomic mass is 9.95. The molecule has 0 aliphatic carbocycles. The zero-order valence-electron chi connectivity index (χ0n) is 23.1. The Morgan fingerprint density at radius 2 is 1.66 bits per heavy atom. The molecule has 1 atom stereocenters. The molecule has 6 nitrogen and oxygen atoms in total. The normalized spacial score (nSPS) is 14.1. The number of carbonyl (C=O) groups excluding carboxylic acids is 2. The lowest BCUT2D eigenvalue weighted by Gasteiger charge is -2.39. The average Bonchev–Trinajstić information content (AvgIpc) is 2.99. The summed E-state index contributed by atoms with van der Waals surface area (Å²) in [7, 11) is 0. The summed E-state index contributed by atoms with van der Waals surface area (Å²) in [6.07, 6.45) is 3.54. The van der Waals surface area contributed by atoms with Crippen molar-refractivity contribution in [3.8, 4) is 11.1 Å². The molecule has 1 aromatic heterocycles. The molecule has 0 unspecified atom stereocenters. The molecule has 1 N–H and O–H groups in total. The van der Waals surface area contributed by atoms with Crippen LogP contribution in [0, 0.1) is 5.82 Å². The lowest BCUT2D eigenvalue weighted by molar-refractivity contribution is -0.126. The molecular formula is C33H35FN4O2S. The van der Waals surface area contributed by atoms with Crippen molar-refractivity contribution in [2.24, 2.45) is 0 Å². The molecule has 1 saturated heterocycles. The van der Waals surface area contributed by atoms with E-state index < -0.39 is 0 Å². The van der Waals surface area contributed by atoms with Crippen LogP contribution < -0.4 is 10.2 Å². The van der Waals surface area contributed by atoms with Crippen LogP contribution in [0.25, 0.3) is 11.1 Å². The number of pyridine rings is 1. The fourth-order valence-electron chi connectivity index (χ4n) is 5.35. The van der Waals surface area contributed by atoms with E-state index in [9.17, 15) is 9.59 Å². The Morgan fingerprint density at radius 3 is 2.34 bits per heavy atom. The summed E-state index contributed by atoms with van der Waals surface area (Å²) >= 11 is 0. The predicted molar refractivity (Wildman–Crippen MR) is 166 cm³/mol. The van der Waals surface area contributed by atoms with Crippen LogP contribution in [0.4, 0.5) is 10.1 Å². The molecule has 0 radical (unpaired) electrons. The van der Waals surface area contributed by atoms with Crippen LogP contribution in [0.5, 0.6) is 0 Å². The standard InChI is InChI=1S/C33H33FN4O2.H2S/c1-2-36-33(40)32(25-9-4-3-5-10-25)38-19-17-37(18-20-38)30-15-14-24(21-29(30)34)22-31(39)28-13-7-6-12-27(28)26-11-8-16-35-23-26;/h3-16,21,23,32H,2,17-20,22H2,1H3,(H,36,40);1H2/t32-;/m0./s1. The summed E-state index contributed by atoms with van der Waals surface area (Å²) in [6, 6.07) is 25.7. The van der Waals surface area contributed by atoms with Crippen LogP contribution in [0.2, 0.25) is 0 Å². The van der Waals surface area contributed by atoms with Gasteiger partial charge in [-0.1, -0.05) is 66.7 Å². The Hall–Kier alpha value is -4.01. The van der Waals surface area contributed by atoms with Gasteiger partial charge in [-0.3, -0.25) is 19.5 Å². The molecule has 41 heavy (non-hydrogen) atoms. The number of hydrogen-bond donors (Lipinski definition) is 1. The highest BCUT2D eigenvalue weighted by atomic mass is 32.1. The summed E-state index contributed by atoms with van der Waals surface area (Å²) in [4.78, 5) is 34.5. The highest BCUT2D eigenvalue weighted by Crippen LogP contribution is 2.28. The van der Waals surface area contributed by atoms with Gasteiger partial charge in [0, 0.05) is 62.7 Å². The number of piperazine rings is 1. The van der Waals surface area contributed by atoms with Gasteiger partial charge in [0.05, 0.1) is 5.69 Å². The minimum atomic E-state index is -0.379. The molecule has 1 aliphatic heterocycles. The molecule has 3 aromatic carbocycles. The topological polar surface area (TPSA) is 65.5 Å². The van der Waals surface area contributed by atoms with E-state index in [2.05, 4.69) is 15.2 Å². The molecule has 0 saturated carbocycles. The number of nitrogens with one attached hydrogen (secondary N) is 1. The second-order valence-corrected chi connectivity index (χ2v) is 9.90. The molecule has 8 heteroatoms. The maximum absolute atomic E-state index is 15.3. The van der Waals surface area contributed by atoms with Gasteiger partial charge in [0.25, 0.3) is 0 Å². The number of amides is 1. The third-order valence-electron chi connectivity index (χ3n) is 7.31. The monoisotopic (exact) mass is 570 g/mol. The summed E-state index contributed by atoms with van der Waals surface area (Å²) in [5.74, 6) is -0.437. The molecule has 1 fully saturated rings. The number of hydrogen-bond acceptors (Lipinski definition) is 5. The number of halogens is 1. The number of ketones is 1. The minimum absolute atomic E-state index is 0. The van der Waals surface area contributed by atoms with Crippen molar-refractivity contribution in [1.29, 1.82) is 0 Å². The number of likely N-dealkylation sites (N-methyl/N-ethyl adjacent to an activating group) is 1. The Morgan fingerprint density at radius 1 is 0.927 bits per heavy atom. The fourth-order valence-corrected chi connectivity index (χ4v) is 5.35. The maximum atomic E-state index is 15.3. The van der Waals surface area contributed by atoms with E-state index in [1.807, 2.05) is 78.6 Å². The largest absolute Gasteiger partial charge is 0.367 e. The van der Waals surface area contributed by atoms with E-state index in [1.165, 1.54) is 6.07 Å². The second kappa shape index (κ2) is 14.1. The first-order valence-corrected chi connectivity index (χ1v) is 13.7. The van der Waals surface area contributed by atoms with Gasteiger partial charge >= 0.3 is 0 Å². The van der Waals surface area contributed by atoms with Gasteiger partial charge in [0.15, 0.2) is 5.78 Å². The molecule has 1 amide bonds. The summed E-state index contributed by atoms with van der Waals surface area (Å²) < 4.78 is 15.3. The van der Waals surface area contributed by atoms with Crippen molar-refractivity contribution in [3.63, 3.8) is 0 Å². The summed E-state index contributed by atoms with van der Waals surface area (Å²) in [5.41, 5.74) is 4.38. The number of carbonyl (C=O) groups is 2. The molecule has 0 bridgehead atoms. The first-order chi connectivity index (χ1) is 19.5. The average molecular weight is 571 g/mol. The number of nitrogens with zero attached hydrogens (tertiary/aromatic N) is 3. The smallest absolute Gasteiger partial charge is 0.241 e. The third kappa shape index (κ3) is 7.01. The predicted octanol–water partition coefficient (Wildman–Crippen LogP) is 5.43. The number of anilines is 1. The van der Waals surface area contributed by atoms with E-state index in [-0.39, 0.29) is 43.5 Å². The second-order valence-electron chi connectivity index (χ2n) is 9.90. The Labute approximate surface area is 247 Å². The van der Waals surface area contributed by atoms with Gasteiger partial charge < -0.3 is 10.2 Å². The van der Waals surface area contributed by atoms with Crippen LogP contribution in [0.3, 0.4) is 0 Å². The molecule has 4 aromatic rings. The van der Waals surface area contributed by atoms with Crippen LogP contribution in [0.15, 0.2) is 97.3 Å². The van der Waals surface area contributed by atoms with Crippen molar-refractivity contribution < 1.29 is 14.0 Å². The number of aromatic nitrogens is 1. The molecular weight excluding hydrogens is 535 g/mol. The van der Waals surface area contributed by atoms with Crippen molar-refractivity contribution in [2.75, 3.05) is 37.6 Å². The molecule has 212 valence electrons. The third-order valence-corrected chi connectivity index (χ3v) is 7.31. The Balaban J connectivity index is 0.00000387. The zero-order chi connectivity index (χ0) is 27.9. The number of Topliss-reactive ketones (excluding diaryl/α,β-unsaturated/α-hetero) is 1. The molecule has 2 heterocycles. The van der Waals surface area contributed by atoms with E-state index in [0.29, 0.717) is 49.5 Å². The quantitative estimate of drug-likeness (QED) is 0.272. The Kier molecular flexibility index (Phi) is 10.3. The number of benzene rings is 3. The van der Waals surface area contributed by atoms with Crippen LogP contribution in [0.1, 0.15) is 34.5 Å². The number of rotatable bonds is 9. The molecule has 1 aliphatic rings. The van der Waals surface area contributed by atoms with Gasteiger partial charge in [-0.05, 0) is 41.8 Å². The van der Waals surface area contributed by atoms with Crippen LogP contribution >= 0.6 is 13.5 Å². The van der Waals surface area contributed by atoms with E-state index in [1.54, 1.807) is 24.5 Å².